The van der Waals surface area contributed by atoms with Gasteiger partial charge in [-0.15, -0.1) is 11.3 Å². The molecule has 3 rings (SSSR count). The smallest absolute Gasteiger partial charge is 0.264 e. The number of carbonyl (C=O) groups excluding carboxylic acids is 1. The number of hydrogen-bond acceptors (Lipinski definition) is 6. The van der Waals surface area contributed by atoms with E-state index in [2.05, 4.69) is 49.5 Å². The monoisotopic (exact) mass is 515 g/mol. The second kappa shape index (κ2) is 11.9. The van der Waals surface area contributed by atoms with E-state index in [9.17, 15) is 13.2 Å². The van der Waals surface area contributed by atoms with Gasteiger partial charge in [0.1, 0.15) is 0 Å². The van der Waals surface area contributed by atoms with E-state index in [-0.39, 0.29) is 30.6 Å². The third kappa shape index (κ3) is 7.22. The van der Waals surface area contributed by atoms with Gasteiger partial charge in [-0.2, -0.15) is 0 Å². The summed E-state index contributed by atoms with van der Waals surface area (Å²) < 4.78 is 28.0. The van der Waals surface area contributed by atoms with Crippen molar-refractivity contribution in [2.24, 2.45) is 0 Å². The van der Waals surface area contributed by atoms with Crippen LogP contribution in [0.4, 0.5) is 0 Å². The first-order chi connectivity index (χ1) is 16.0. The van der Waals surface area contributed by atoms with Crippen molar-refractivity contribution in [3.63, 3.8) is 0 Å². The molecule has 0 aliphatic carbocycles. The molecule has 1 N–H and O–H groups in total. The largest absolute Gasteiger partial charge is 0.305 e. The van der Waals surface area contributed by atoms with Crippen LogP contribution in [0, 0.1) is 0 Å². The number of sulfonamides is 1. The van der Waals surface area contributed by atoms with E-state index in [4.69, 9.17) is 0 Å². The van der Waals surface area contributed by atoms with Gasteiger partial charge in [0.15, 0.2) is 0 Å². The molecule has 2 aromatic carbocycles. The quantitative estimate of drug-likeness (QED) is 0.389. The normalized spacial score (nSPS) is 11.7. The molecule has 0 bridgehead atoms. The molecule has 0 unspecified atom stereocenters. The number of thiazole rings is 1. The standard InChI is InChI=1S/C26H33N3O3S2.CH4/c1-17(2)22-11-20(25-14-27-16-33-25)12-23(18(3)4)24(22)13-26(30)28-34(31,32)21-9-7-19(8-10-21)15-29(5)6;/h7-12,14,16-18H,13,15H2,1-6H3,(H,28,30);1H4. The number of carbonyl (C=O) groups is 1. The third-order valence-electron chi connectivity index (χ3n) is 5.60. The Kier molecular flexibility index (Phi) is 9.77. The lowest BCUT2D eigenvalue weighted by atomic mass is 9.85. The Morgan fingerprint density at radius 2 is 1.60 bits per heavy atom. The lowest BCUT2D eigenvalue weighted by molar-refractivity contribution is -0.118. The minimum Gasteiger partial charge on any atom is -0.305 e. The zero-order valence-electron chi connectivity index (χ0n) is 20.6. The van der Waals surface area contributed by atoms with Gasteiger partial charge in [-0.25, -0.2) is 13.1 Å². The fraction of sp³-hybridized carbons (Fsp3) is 0.407. The summed E-state index contributed by atoms with van der Waals surface area (Å²) in [4.78, 5) is 20.3. The van der Waals surface area contributed by atoms with E-state index in [0.717, 1.165) is 32.7 Å². The molecule has 0 aliphatic heterocycles. The first-order valence-electron chi connectivity index (χ1n) is 11.3. The van der Waals surface area contributed by atoms with E-state index in [0.29, 0.717) is 6.54 Å². The first-order valence-corrected chi connectivity index (χ1v) is 13.7. The maximum Gasteiger partial charge on any atom is 0.264 e. The van der Waals surface area contributed by atoms with Gasteiger partial charge in [0, 0.05) is 12.7 Å². The van der Waals surface area contributed by atoms with Crippen molar-refractivity contribution in [1.29, 1.82) is 0 Å². The lowest BCUT2D eigenvalue weighted by Crippen LogP contribution is -2.32. The fourth-order valence-electron chi connectivity index (χ4n) is 4.00. The fourth-order valence-corrected chi connectivity index (χ4v) is 5.59. The molecule has 0 aliphatic rings. The Morgan fingerprint density at radius 3 is 2.06 bits per heavy atom. The molecule has 0 atom stereocenters. The highest BCUT2D eigenvalue weighted by atomic mass is 32.2. The minimum atomic E-state index is -3.95. The number of rotatable bonds is 9. The van der Waals surface area contributed by atoms with Crippen molar-refractivity contribution in [1.82, 2.24) is 14.6 Å². The van der Waals surface area contributed by atoms with Gasteiger partial charge in [0.25, 0.3) is 10.0 Å². The zero-order chi connectivity index (χ0) is 25.0. The van der Waals surface area contributed by atoms with Crippen molar-refractivity contribution >= 4 is 27.3 Å². The van der Waals surface area contributed by atoms with E-state index in [1.807, 2.05) is 25.2 Å². The number of amides is 1. The molecule has 1 amide bonds. The molecule has 1 aromatic heterocycles. The number of aromatic nitrogens is 1. The zero-order valence-corrected chi connectivity index (χ0v) is 22.3. The Balaban J connectivity index is 0.00000432. The van der Waals surface area contributed by atoms with Crippen LogP contribution in [0.2, 0.25) is 0 Å². The van der Waals surface area contributed by atoms with Crippen LogP contribution < -0.4 is 4.72 Å². The molecule has 0 spiro atoms. The number of benzene rings is 2. The van der Waals surface area contributed by atoms with Gasteiger partial charge < -0.3 is 4.90 Å². The molecule has 0 fully saturated rings. The SMILES string of the molecule is C.CC(C)c1cc(-c2cncs2)cc(C(C)C)c1CC(=O)NS(=O)(=O)c1ccc(CN(C)C)cc1. The molecular weight excluding hydrogens is 478 g/mol. The Bertz CT molecular complexity index is 1200. The van der Waals surface area contributed by atoms with Crippen molar-refractivity contribution in [3.8, 4) is 10.4 Å². The van der Waals surface area contributed by atoms with Crippen molar-refractivity contribution in [2.45, 2.75) is 64.8 Å². The molecular formula is C27H37N3O3S2. The van der Waals surface area contributed by atoms with Gasteiger partial charge in [0.2, 0.25) is 5.91 Å². The van der Waals surface area contributed by atoms with Crippen molar-refractivity contribution in [3.05, 3.63) is 70.4 Å². The van der Waals surface area contributed by atoms with E-state index >= 15 is 0 Å². The maximum absolute atomic E-state index is 13.0. The van der Waals surface area contributed by atoms with Crippen LogP contribution in [0.25, 0.3) is 10.4 Å². The summed E-state index contributed by atoms with van der Waals surface area (Å²) in [5, 5.41) is 0. The summed E-state index contributed by atoms with van der Waals surface area (Å²) in [5.41, 5.74) is 6.88. The van der Waals surface area contributed by atoms with Crippen molar-refractivity contribution < 1.29 is 13.2 Å². The molecule has 0 saturated carbocycles. The second-order valence-corrected chi connectivity index (χ2v) is 12.0. The van der Waals surface area contributed by atoms with Gasteiger partial charge in [-0.05, 0) is 78.0 Å². The van der Waals surface area contributed by atoms with Crippen LogP contribution in [0.15, 0.2) is 53.0 Å². The average Bonchev–Trinajstić information content (AvgIpc) is 3.28. The molecule has 190 valence electrons. The van der Waals surface area contributed by atoms with E-state index in [1.165, 1.54) is 12.1 Å². The third-order valence-corrected chi connectivity index (χ3v) is 7.81. The van der Waals surface area contributed by atoms with E-state index < -0.39 is 15.9 Å². The molecule has 35 heavy (non-hydrogen) atoms. The number of hydrogen-bond donors (Lipinski definition) is 1. The maximum atomic E-state index is 13.0. The van der Waals surface area contributed by atoms with E-state index in [1.54, 1.807) is 29.0 Å². The summed E-state index contributed by atoms with van der Waals surface area (Å²) >= 11 is 1.57. The van der Waals surface area contributed by atoms with Crippen LogP contribution in [-0.4, -0.2) is 38.3 Å². The second-order valence-electron chi connectivity index (χ2n) is 9.40. The Hall–Kier alpha value is -2.55. The predicted octanol–water partition coefficient (Wildman–Crippen LogP) is 5.80. The average molecular weight is 516 g/mol. The summed E-state index contributed by atoms with van der Waals surface area (Å²) in [6.45, 7) is 9.06. The molecule has 1 heterocycles. The predicted molar refractivity (Wildman–Crippen MR) is 145 cm³/mol. The molecule has 0 saturated heterocycles. The Morgan fingerprint density at radius 1 is 1.03 bits per heavy atom. The molecule has 8 heteroatoms. The number of nitrogens with one attached hydrogen (secondary N) is 1. The highest BCUT2D eigenvalue weighted by Gasteiger charge is 2.23. The molecule has 3 aromatic rings. The summed E-state index contributed by atoms with van der Waals surface area (Å²) in [7, 11) is -0.0545. The topological polar surface area (TPSA) is 79.4 Å². The van der Waals surface area contributed by atoms with Crippen LogP contribution in [0.1, 0.15) is 69.2 Å². The summed E-state index contributed by atoms with van der Waals surface area (Å²) in [5.74, 6) is -0.185. The van der Waals surface area contributed by atoms with Gasteiger partial charge >= 0.3 is 0 Å². The molecule has 0 radical (unpaired) electrons. The van der Waals surface area contributed by atoms with Crippen molar-refractivity contribution in [2.75, 3.05) is 14.1 Å². The van der Waals surface area contributed by atoms with Crippen LogP contribution in [-0.2, 0) is 27.8 Å². The van der Waals surface area contributed by atoms with Crippen LogP contribution in [0.5, 0.6) is 0 Å². The first kappa shape index (κ1) is 28.7. The minimum absolute atomic E-state index is 0. The van der Waals surface area contributed by atoms with Crippen LogP contribution >= 0.6 is 11.3 Å². The van der Waals surface area contributed by atoms with Gasteiger partial charge in [-0.3, -0.25) is 9.78 Å². The van der Waals surface area contributed by atoms with Crippen LogP contribution in [0.3, 0.4) is 0 Å². The van der Waals surface area contributed by atoms with Gasteiger partial charge in [0.05, 0.1) is 21.7 Å². The highest BCUT2D eigenvalue weighted by molar-refractivity contribution is 7.90. The highest BCUT2D eigenvalue weighted by Crippen LogP contribution is 2.35. The number of nitrogens with zero attached hydrogens (tertiary/aromatic N) is 2. The van der Waals surface area contributed by atoms with Gasteiger partial charge in [-0.1, -0.05) is 47.3 Å². The Labute approximate surface area is 214 Å². The lowest BCUT2D eigenvalue weighted by Gasteiger charge is -2.21. The summed E-state index contributed by atoms with van der Waals surface area (Å²) in [6, 6.07) is 10.8. The molecule has 6 nitrogen and oxygen atoms in total. The summed E-state index contributed by atoms with van der Waals surface area (Å²) in [6.07, 6.45) is 1.85.